The first-order valence-electron chi connectivity index (χ1n) is 6.07. The van der Waals surface area contributed by atoms with Crippen molar-refractivity contribution >= 4 is 28.8 Å². The van der Waals surface area contributed by atoms with Crippen molar-refractivity contribution in [1.29, 1.82) is 0 Å². The molecule has 0 radical (unpaired) electrons. The van der Waals surface area contributed by atoms with Crippen LogP contribution >= 0.6 is 11.8 Å². The monoisotopic (exact) mass is 306 g/mol. The van der Waals surface area contributed by atoms with Gasteiger partial charge < -0.3 is 10.1 Å². The number of carbonyl (C=O) groups is 3. The molecule has 0 bridgehead atoms. The summed E-state index contributed by atoms with van der Waals surface area (Å²) < 4.78 is 4.76. The lowest BCUT2D eigenvalue weighted by atomic mass is 10.2. The predicted octanol–water partition coefficient (Wildman–Crippen LogP) is 0.369. The Bertz CT molecular complexity index is 387. The van der Waals surface area contributed by atoms with Gasteiger partial charge in [-0.1, -0.05) is 18.7 Å². The molecule has 0 aliphatic carbocycles. The molecule has 2 atom stereocenters. The van der Waals surface area contributed by atoms with Crippen LogP contribution in [0.15, 0.2) is 0 Å². The molecule has 0 saturated heterocycles. The van der Waals surface area contributed by atoms with Gasteiger partial charge in [0.25, 0.3) is 11.9 Å². The van der Waals surface area contributed by atoms with Crippen molar-refractivity contribution in [3.63, 3.8) is 0 Å². The molecule has 0 aliphatic heterocycles. The van der Waals surface area contributed by atoms with Crippen LogP contribution in [0, 0.1) is 10.1 Å². The molecule has 9 heteroatoms. The number of thioether (sulfide) groups is 1. The number of amides is 1. The fraction of sp³-hybridized carbons (Fsp3) is 0.727. The zero-order valence-electron chi connectivity index (χ0n) is 11.6. The summed E-state index contributed by atoms with van der Waals surface area (Å²) in [4.78, 5) is 44.2. The molecular weight excluding hydrogens is 288 g/mol. The van der Waals surface area contributed by atoms with Crippen LogP contribution in [0.25, 0.3) is 0 Å². The zero-order chi connectivity index (χ0) is 15.7. The second kappa shape index (κ2) is 9.29. The molecule has 0 aromatic heterocycles. The summed E-state index contributed by atoms with van der Waals surface area (Å²) in [6.45, 7) is 4.53. The van der Waals surface area contributed by atoms with Crippen molar-refractivity contribution < 1.29 is 24.0 Å². The Kier molecular flexibility index (Phi) is 8.53. The fourth-order valence-corrected chi connectivity index (χ4v) is 1.93. The molecule has 0 aromatic carbocycles. The third-order valence-electron chi connectivity index (χ3n) is 2.28. The third-order valence-corrected chi connectivity index (χ3v) is 3.19. The van der Waals surface area contributed by atoms with E-state index < -0.39 is 28.9 Å². The maximum atomic E-state index is 11.7. The highest BCUT2D eigenvalue weighted by molar-refractivity contribution is 8.13. The standard InChI is InChI=1S/C11H18N2O6S/c1-4-9(13(17)18)10(15)12-8(6-20-7(3)14)11(16)19-5-2/h8-9H,4-6H2,1-3H3,(H,12,15)/t8-,9?/m0/s1. The van der Waals surface area contributed by atoms with Gasteiger partial charge in [-0.3, -0.25) is 19.7 Å². The molecule has 20 heavy (non-hydrogen) atoms. The van der Waals surface area contributed by atoms with Crippen molar-refractivity contribution in [1.82, 2.24) is 5.32 Å². The first kappa shape index (κ1) is 18.4. The van der Waals surface area contributed by atoms with Gasteiger partial charge >= 0.3 is 5.97 Å². The summed E-state index contributed by atoms with van der Waals surface area (Å²) in [6, 6.07) is -2.50. The van der Waals surface area contributed by atoms with Gasteiger partial charge in [0.2, 0.25) is 0 Å². The minimum atomic E-state index is -1.42. The van der Waals surface area contributed by atoms with Crippen LogP contribution in [0.1, 0.15) is 27.2 Å². The average Bonchev–Trinajstić information content (AvgIpc) is 2.34. The summed E-state index contributed by atoms with van der Waals surface area (Å²) in [5.41, 5.74) is 0. The molecule has 0 heterocycles. The van der Waals surface area contributed by atoms with E-state index in [1.54, 1.807) is 6.92 Å². The lowest BCUT2D eigenvalue weighted by Crippen LogP contribution is -2.49. The Morgan fingerprint density at radius 3 is 2.35 bits per heavy atom. The van der Waals surface area contributed by atoms with Crippen LogP contribution in [-0.4, -0.2) is 46.4 Å². The van der Waals surface area contributed by atoms with Crippen molar-refractivity contribution in [3.05, 3.63) is 10.1 Å². The second-order valence-electron chi connectivity index (χ2n) is 3.83. The van der Waals surface area contributed by atoms with Gasteiger partial charge in [0, 0.05) is 24.0 Å². The van der Waals surface area contributed by atoms with E-state index in [4.69, 9.17) is 4.74 Å². The van der Waals surface area contributed by atoms with Crippen LogP contribution in [0.2, 0.25) is 0 Å². The Hall–Kier alpha value is -1.64. The molecule has 8 nitrogen and oxygen atoms in total. The topological polar surface area (TPSA) is 116 Å². The van der Waals surface area contributed by atoms with Crippen molar-refractivity contribution in [3.8, 4) is 0 Å². The lowest BCUT2D eigenvalue weighted by Gasteiger charge is -2.17. The van der Waals surface area contributed by atoms with E-state index in [2.05, 4.69) is 5.32 Å². The number of esters is 1. The molecule has 0 aromatic rings. The van der Waals surface area contributed by atoms with E-state index >= 15 is 0 Å². The maximum absolute atomic E-state index is 11.7. The Morgan fingerprint density at radius 2 is 1.95 bits per heavy atom. The second-order valence-corrected chi connectivity index (χ2v) is 5.02. The number of nitrogens with one attached hydrogen (secondary N) is 1. The van der Waals surface area contributed by atoms with Gasteiger partial charge in [-0.25, -0.2) is 4.79 Å². The summed E-state index contributed by atoms with van der Waals surface area (Å²) in [6.07, 6.45) is 0.00816. The Morgan fingerprint density at radius 1 is 1.35 bits per heavy atom. The summed E-state index contributed by atoms with van der Waals surface area (Å²) in [5.74, 6) is -1.60. The van der Waals surface area contributed by atoms with Gasteiger partial charge in [-0.2, -0.15) is 0 Å². The highest BCUT2D eigenvalue weighted by Gasteiger charge is 2.32. The zero-order valence-corrected chi connectivity index (χ0v) is 12.4. The van der Waals surface area contributed by atoms with Crippen molar-refractivity contribution in [2.75, 3.05) is 12.4 Å². The smallest absolute Gasteiger partial charge is 0.329 e. The lowest BCUT2D eigenvalue weighted by molar-refractivity contribution is -0.508. The molecule has 0 aliphatic rings. The van der Waals surface area contributed by atoms with Crippen LogP contribution in [-0.2, 0) is 19.1 Å². The predicted molar refractivity (Wildman–Crippen MR) is 72.8 cm³/mol. The van der Waals surface area contributed by atoms with E-state index in [0.717, 1.165) is 11.8 Å². The van der Waals surface area contributed by atoms with Crippen LogP contribution in [0.4, 0.5) is 0 Å². The van der Waals surface area contributed by atoms with Gasteiger partial charge in [0.05, 0.1) is 6.61 Å². The molecule has 0 rings (SSSR count). The van der Waals surface area contributed by atoms with E-state index in [-0.39, 0.29) is 23.9 Å². The maximum Gasteiger partial charge on any atom is 0.329 e. The van der Waals surface area contributed by atoms with Gasteiger partial charge in [-0.05, 0) is 6.92 Å². The number of ether oxygens (including phenoxy) is 1. The number of rotatable bonds is 8. The van der Waals surface area contributed by atoms with Crippen LogP contribution in [0.3, 0.4) is 0 Å². The Labute approximate surface area is 120 Å². The minimum absolute atomic E-state index is 0.00816. The third kappa shape index (κ3) is 6.50. The quantitative estimate of drug-likeness (QED) is 0.391. The minimum Gasteiger partial charge on any atom is -0.464 e. The van der Waals surface area contributed by atoms with Crippen LogP contribution in [0.5, 0.6) is 0 Å². The molecule has 1 N–H and O–H groups in total. The highest BCUT2D eigenvalue weighted by atomic mass is 32.2. The van der Waals surface area contributed by atoms with Crippen molar-refractivity contribution in [2.24, 2.45) is 0 Å². The number of hydrogen-bond acceptors (Lipinski definition) is 7. The first-order valence-corrected chi connectivity index (χ1v) is 7.05. The van der Waals surface area contributed by atoms with E-state index in [0.29, 0.717) is 0 Å². The SMILES string of the molecule is CCOC(=O)[C@H](CSC(C)=O)NC(=O)C(CC)[N+](=O)[O-]. The number of carbonyl (C=O) groups excluding carboxylic acids is 3. The highest BCUT2D eigenvalue weighted by Crippen LogP contribution is 2.07. The molecule has 114 valence electrons. The molecule has 1 amide bonds. The van der Waals surface area contributed by atoms with E-state index in [9.17, 15) is 24.5 Å². The summed E-state index contributed by atoms with van der Waals surface area (Å²) in [7, 11) is 0. The normalized spacial score (nSPS) is 13.2. The largest absolute Gasteiger partial charge is 0.464 e. The number of nitrogens with zero attached hydrogens (tertiary/aromatic N) is 1. The average molecular weight is 306 g/mol. The number of nitro groups is 1. The Balaban J connectivity index is 4.77. The summed E-state index contributed by atoms with van der Waals surface area (Å²) >= 11 is 0.839. The molecule has 0 fully saturated rings. The van der Waals surface area contributed by atoms with Crippen LogP contribution < -0.4 is 5.32 Å². The van der Waals surface area contributed by atoms with Gasteiger partial charge in [0.1, 0.15) is 6.04 Å². The van der Waals surface area contributed by atoms with Gasteiger partial charge in [0.15, 0.2) is 5.12 Å². The first-order chi connectivity index (χ1) is 9.33. The molecule has 0 spiro atoms. The fourth-order valence-electron chi connectivity index (χ4n) is 1.31. The van der Waals surface area contributed by atoms with E-state index in [1.165, 1.54) is 13.8 Å². The van der Waals surface area contributed by atoms with Crippen molar-refractivity contribution in [2.45, 2.75) is 39.3 Å². The molecule has 1 unspecified atom stereocenters. The molecule has 0 saturated carbocycles. The summed E-state index contributed by atoms with van der Waals surface area (Å²) in [5, 5.41) is 12.7. The van der Waals surface area contributed by atoms with E-state index in [1.807, 2.05) is 0 Å². The van der Waals surface area contributed by atoms with Gasteiger partial charge in [-0.15, -0.1) is 0 Å². The molecular formula is C11H18N2O6S. The number of hydrogen-bond donors (Lipinski definition) is 1.